The number of benzene rings is 1. The van der Waals surface area contributed by atoms with Crippen molar-refractivity contribution in [2.24, 2.45) is 0 Å². The number of para-hydroxylation sites is 2. The lowest BCUT2D eigenvalue weighted by atomic mass is 9.96. The highest BCUT2D eigenvalue weighted by atomic mass is 16.6. The quantitative estimate of drug-likeness (QED) is 0.630. The summed E-state index contributed by atoms with van der Waals surface area (Å²) in [5.74, 6) is 1.03. The standard InChI is InChI=1S/C13H15N3O4/c1-13(2,3)12-14-11(20-15-12)8-19-10-7-5-4-6-9(10)16(17)18/h4-7H,8H2,1-3H3. The summed E-state index contributed by atoms with van der Waals surface area (Å²) in [6, 6.07) is 6.15. The lowest BCUT2D eigenvalue weighted by molar-refractivity contribution is -0.386. The number of nitro benzene ring substituents is 1. The molecule has 7 nitrogen and oxygen atoms in total. The van der Waals surface area contributed by atoms with Gasteiger partial charge in [-0.25, -0.2) is 0 Å². The van der Waals surface area contributed by atoms with Gasteiger partial charge in [0.15, 0.2) is 18.2 Å². The molecule has 0 spiro atoms. The van der Waals surface area contributed by atoms with Crippen molar-refractivity contribution in [1.82, 2.24) is 10.1 Å². The van der Waals surface area contributed by atoms with Crippen LogP contribution in [0.3, 0.4) is 0 Å². The van der Waals surface area contributed by atoms with Crippen molar-refractivity contribution in [3.63, 3.8) is 0 Å². The topological polar surface area (TPSA) is 91.3 Å². The van der Waals surface area contributed by atoms with Crippen molar-refractivity contribution in [1.29, 1.82) is 0 Å². The molecule has 0 bridgehead atoms. The molecule has 0 radical (unpaired) electrons. The molecule has 0 atom stereocenters. The first-order chi connectivity index (χ1) is 9.38. The highest BCUT2D eigenvalue weighted by Gasteiger charge is 2.21. The van der Waals surface area contributed by atoms with Gasteiger partial charge in [-0.05, 0) is 6.07 Å². The Hall–Kier alpha value is -2.44. The van der Waals surface area contributed by atoms with Gasteiger partial charge in [-0.3, -0.25) is 10.1 Å². The molecule has 0 aliphatic rings. The minimum atomic E-state index is -0.496. The first-order valence-corrected chi connectivity index (χ1v) is 6.07. The second-order valence-electron chi connectivity index (χ2n) is 5.28. The van der Waals surface area contributed by atoms with Crippen LogP contribution >= 0.6 is 0 Å². The smallest absolute Gasteiger partial charge is 0.310 e. The van der Waals surface area contributed by atoms with Gasteiger partial charge in [-0.15, -0.1) is 0 Å². The van der Waals surface area contributed by atoms with Gasteiger partial charge in [0.25, 0.3) is 5.89 Å². The molecule has 0 amide bonds. The predicted molar refractivity (Wildman–Crippen MR) is 70.4 cm³/mol. The van der Waals surface area contributed by atoms with Crippen LogP contribution in [-0.2, 0) is 12.0 Å². The summed E-state index contributed by atoms with van der Waals surface area (Å²) in [6.45, 7) is 5.88. The molecule has 0 saturated carbocycles. The minimum Gasteiger partial charge on any atom is -0.477 e. The summed E-state index contributed by atoms with van der Waals surface area (Å²) >= 11 is 0. The third-order valence-corrected chi connectivity index (χ3v) is 2.55. The van der Waals surface area contributed by atoms with Crippen LogP contribution in [0.25, 0.3) is 0 Å². The molecule has 7 heteroatoms. The lowest BCUT2D eigenvalue weighted by Crippen LogP contribution is -2.13. The van der Waals surface area contributed by atoms with Gasteiger partial charge in [0, 0.05) is 11.5 Å². The zero-order valence-electron chi connectivity index (χ0n) is 11.5. The van der Waals surface area contributed by atoms with Crippen LogP contribution in [0.15, 0.2) is 28.8 Å². The van der Waals surface area contributed by atoms with E-state index >= 15 is 0 Å². The molecule has 0 N–H and O–H groups in total. The fourth-order valence-corrected chi connectivity index (χ4v) is 1.49. The Kier molecular flexibility index (Phi) is 3.69. The molecule has 2 aromatic rings. The van der Waals surface area contributed by atoms with Gasteiger partial charge in [0.2, 0.25) is 0 Å². The van der Waals surface area contributed by atoms with Gasteiger partial charge in [0.1, 0.15) is 0 Å². The maximum Gasteiger partial charge on any atom is 0.310 e. The first kappa shape index (κ1) is 14.0. The zero-order chi connectivity index (χ0) is 14.8. The number of nitro groups is 1. The number of ether oxygens (including phenoxy) is 1. The van der Waals surface area contributed by atoms with Gasteiger partial charge >= 0.3 is 5.69 Å². The third-order valence-electron chi connectivity index (χ3n) is 2.55. The van der Waals surface area contributed by atoms with Crippen molar-refractivity contribution < 1.29 is 14.2 Å². The maximum atomic E-state index is 10.8. The summed E-state index contributed by atoms with van der Waals surface area (Å²) in [4.78, 5) is 14.5. The Labute approximate surface area is 115 Å². The summed E-state index contributed by atoms with van der Waals surface area (Å²) in [5, 5.41) is 14.7. The molecule has 0 unspecified atom stereocenters. The van der Waals surface area contributed by atoms with Crippen LogP contribution in [0.4, 0.5) is 5.69 Å². The van der Waals surface area contributed by atoms with Crippen LogP contribution in [0.1, 0.15) is 32.5 Å². The van der Waals surface area contributed by atoms with Crippen LogP contribution in [0, 0.1) is 10.1 Å². The molecule has 0 saturated heterocycles. The van der Waals surface area contributed by atoms with E-state index in [9.17, 15) is 10.1 Å². The number of nitrogens with zero attached hydrogens (tertiary/aromatic N) is 3. The lowest BCUT2D eigenvalue weighted by Gasteiger charge is -2.10. The van der Waals surface area contributed by atoms with E-state index in [0.29, 0.717) is 5.82 Å². The van der Waals surface area contributed by atoms with E-state index in [2.05, 4.69) is 10.1 Å². The summed E-state index contributed by atoms with van der Waals surface area (Å²) in [7, 11) is 0. The third kappa shape index (κ3) is 3.11. The molecule has 1 aromatic heterocycles. The largest absolute Gasteiger partial charge is 0.477 e. The molecular weight excluding hydrogens is 262 g/mol. The fraction of sp³-hybridized carbons (Fsp3) is 0.385. The van der Waals surface area contributed by atoms with Crippen LogP contribution in [0.5, 0.6) is 5.75 Å². The molecule has 20 heavy (non-hydrogen) atoms. The SMILES string of the molecule is CC(C)(C)c1noc(COc2ccccc2[N+](=O)[O-])n1. The van der Waals surface area contributed by atoms with Gasteiger partial charge in [0.05, 0.1) is 4.92 Å². The highest BCUT2D eigenvalue weighted by Crippen LogP contribution is 2.26. The predicted octanol–water partition coefficient (Wildman–Crippen LogP) is 2.85. The van der Waals surface area contributed by atoms with E-state index < -0.39 is 4.92 Å². The molecule has 0 aliphatic heterocycles. The summed E-state index contributed by atoms with van der Waals surface area (Å²) in [6.07, 6.45) is 0. The second-order valence-corrected chi connectivity index (χ2v) is 5.28. The number of hydrogen-bond acceptors (Lipinski definition) is 6. The van der Waals surface area contributed by atoms with E-state index in [1.165, 1.54) is 12.1 Å². The number of rotatable bonds is 4. The Bertz CT molecular complexity index is 616. The monoisotopic (exact) mass is 277 g/mol. The van der Waals surface area contributed by atoms with Crippen molar-refractivity contribution >= 4 is 5.69 Å². The van der Waals surface area contributed by atoms with E-state index in [-0.39, 0.29) is 29.3 Å². The van der Waals surface area contributed by atoms with Gasteiger partial charge in [-0.2, -0.15) is 4.98 Å². The van der Waals surface area contributed by atoms with E-state index in [0.717, 1.165) is 0 Å². The Morgan fingerprint density at radius 1 is 1.35 bits per heavy atom. The molecule has 0 aliphatic carbocycles. The van der Waals surface area contributed by atoms with Gasteiger partial charge in [-0.1, -0.05) is 38.1 Å². The van der Waals surface area contributed by atoms with Crippen LogP contribution in [0.2, 0.25) is 0 Å². The average molecular weight is 277 g/mol. The molecule has 1 heterocycles. The normalized spacial score (nSPS) is 11.3. The van der Waals surface area contributed by atoms with Crippen molar-refractivity contribution in [2.45, 2.75) is 32.8 Å². The zero-order valence-corrected chi connectivity index (χ0v) is 11.5. The maximum absolute atomic E-state index is 10.8. The van der Waals surface area contributed by atoms with E-state index in [4.69, 9.17) is 9.26 Å². The van der Waals surface area contributed by atoms with Crippen molar-refractivity contribution in [3.8, 4) is 5.75 Å². The van der Waals surface area contributed by atoms with E-state index in [1.54, 1.807) is 12.1 Å². The second kappa shape index (κ2) is 5.28. The van der Waals surface area contributed by atoms with E-state index in [1.807, 2.05) is 20.8 Å². The Morgan fingerprint density at radius 3 is 2.65 bits per heavy atom. The number of hydrogen-bond donors (Lipinski definition) is 0. The molecule has 0 fully saturated rings. The average Bonchev–Trinajstić information content (AvgIpc) is 2.85. The minimum absolute atomic E-state index is 0.00602. The van der Waals surface area contributed by atoms with Crippen LogP contribution in [-0.4, -0.2) is 15.1 Å². The number of aromatic nitrogens is 2. The highest BCUT2D eigenvalue weighted by molar-refractivity contribution is 5.45. The summed E-state index contributed by atoms with van der Waals surface area (Å²) < 4.78 is 10.4. The Balaban J connectivity index is 2.10. The fourth-order valence-electron chi connectivity index (χ4n) is 1.49. The van der Waals surface area contributed by atoms with Gasteiger partial charge < -0.3 is 9.26 Å². The summed E-state index contributed by atoms with van der Waals surface area (Å²) in [5.41, 5.74) is -0.316. The molecule has 2 rings (SSSR count). The molecule has 106 valence electrons. The van der Waals surface area contributed by atoms with Crippen molar-refractivity contribution in [3.05, 3.63) is 46.1 Å². The molecule has 1 aromatic carbocycles. The Morgan fingerprint density at radius 2 is 2.05 bits per heavy atom. The van der Waals surface area contributed by atoms with Crippen molar-refractivity contribution in [2.75, 3.05) is 0 Å². The van der Waals surface area contributed by atoms with Crippen LogP contribution < -0.4 is 4.74 Å². The molecular formula is C13H15N3O4. The first-order valence-electron chi connectivity index (χ1n) is 6.07.